The lowest BCUT2D eigenvalue weighted by Crippen LogP contribution is -2.36. The highest BCUT2D eigenvalue weighted by Gasteiger charge is 2.05. The molecule has 0 aliphatic heterocycles. The fourth-order valence-electron chi connectivity index (χ4n) is 2.16. The third kappa shape index (κ3) is 6.12. The van der Waals surface area contributed by atoms with E-state index >= 15 is 0 Å². The van der Waals surface area contributed by atoms with E-state index in [1.54, 1.807) is 6.20 Å². The highest BCUT2D eigenvalue weighted by atomic mass is 16.3. The van der Waals surface area contributed by atoms with Crippen LogP contribution in [0.2, 0.25) is 0 Å². The maximum Gasteiger partial charge on any atom is 0.315 e. The Bertz CT molecular complexity index is 598. The Labute approximate surface area is 136 Å². The summed E-state index contributed by atoms with van der Waals surface area (Å²) in [5.74, 6) is 0. The first-order chi connectivity index (χ1) is 11.2. The van der Waals surface area contributed by atoms with Gasteiger partial charge in [-0.2, -0.15) is 5.10 Å². The predicted octanol–water partition coefficient (Wildman–Crippen LogP) is 1.89. The number of urea groups is 1. The molecule has 2 rings (SSSR count). The third-order valence-electron chi connectivity index (χ3n) is 3.56. The minimum absolute atomic E-state index is 0.232. The van der Waals surface area contributed by atoms with Gasteiger partial charge >= 0.3 is 6.03 Å². The molecule has 2 amide bonds. The van der Waals surface area contributed by atoms with Crippen molar-refractivity contribution in [2.75, 3.05) is 6.54 Å². The van der Waals surface area contributed by atoms with Gasteiger partial charge in [0.05, 0.1) is 18.8 Å². The summed E-state index contributed by atoms with van der Waals surface area (Å²) in [4.78, 5) is 11.7. The van der Waals surface area contributed by atoms with E-state index in [9.17, 15) is 9.90 Å². The van der Waals surface area contributed by atoms with Crippen molar-refractivity contribution in [2.24, 2.45) is 0 Å². The zero-order chi connectivity index (χ0) is 16.5. The maximum atomic E-state index is 11.7. The van der Waals surface area contributed by atoms with E-state index in [0.29, 0.717) is 32.5 Å². The molecule has 0 spiro atoms. The van der Waals surface area contributed by atoms with E-state index in [1.807, 2.05) is 36.0 Å². The molecule has 0 bridgehead atoms. The fourth-order valence-corrected chi connectivity index (χ4v) is 2.16. The number of aliphatic hydroxyl groups is 1. The number of amides is 2. The average molecular weight is 316 g/mol. The molecule has 1 heterocycles. The molecule has 3 N–H and O–H groups in total. The van der Waals surface area contributed by atoms with Crippen molar-refractivity contribution < 1.29 is 9.90 Å². The zero-order valence-electron chi connectivity index (χ0n) is 13.4. The molecular weight excluding hydrogens is 292 g/mol. The molecule has 6 heteroatoms. The Morgan fingerprint density at radius 2 is 2.04 bits per heavy atom. The first-order valence-corrected chi connectivity index (χ1v) is 7.92. The molecule has 23 heavy (non-hydrogen) atoms. The summed E-state index contributed by atoms with van der Waals surface area (Å²) < 4.78 is 1.85. The summed E-state index contributed by atoms with van der Waals surface area (Å²) in [5.41, 5.74) is 2.13. The quantitative estimate of drug-likeness (QED) is 0.696. The van der Waals surface area contributed by atoms with Crippen LogP contribution in [0.1, 0.15) is 30.9 Å². The number of hydrogen-bond donors (Lipinski definition) is 3. The van der Waals surface area contributed by atoms with Gasteiger partial charge in [0.1, 0.15) is 0 Å². The summed E-state index contributed by atoms with van der Waals surface area (Å²) in [6.45, 7) is 3.52. The minimum atomic E-state index is -0.355. The van der Waals surface area contributed by atoms with E-state index in [0.717, 1.165) is 5.56 Å². The Hall–Kier alpha value is -2.34. The van der Waals surface area contributed by atoms with Crippen molar-refractivity contribution in [1.82, 2.24) is 20.4 Å². The minimum Gasteiger partial charge on any atom is -0.393 e. The molecule has 1 atom stereocenters. The average Bonchev–Trinajstić information content (AvgIpc) is 3.01. The van der Waals surface area contributed by atoms with E-state index in [4.69, 9.17) is 0 Å². The van der Waals surface area contributed by atoms with E-state index < -0.39 is 0 Å². The molecule has 0 aliphatic carbocycles. The zero-order valence-corrected chi connectivity index (χ0v) is 13.4. The van der Waals surface area contributed by atoms with Crippen molar-refractivity contribution in [3.8, 4) is 0 Å². The van der Waals surface area contributed by atoms with Crippen LogP contribution < -0.4 is 10.6 Å². The third-order valence-corrected chi connectivity index (χ3v) is 3.56. The van der Waals surface area contributed by atoms with Gasteiger partial charge in [0.25, 0.3) is 0 Å². The van der Waals surface area contributed by atoms with Crippen molar-refractivity contribution in [3.63, 3.8) is 0 Å². The Kier molecular flexibility index (Phi) is 6.62. The number of carbonyl (C=O) groups excluding carboxylic acids is 1. The van der Waals surface area contributed by atoms with E-state index in [2.05, 4.69) is 27.9 Å². The summed E-state index contributed by atoms with van der Waals surface area (Å²) >= 11 is 0. The number of aliphatic hydroxyl groups excluding tert-OH is 1. The van der Waals surface area contributed by atoms with Crippen LogP contribution in [-0.2, 0) is 13.1 Å². The molecule has 1 aromatic heterocycles. The Balaban J connectivity index is 1.71. The number of carbonyl (C=O) groups is 1. The van der Waals surface area contributed by atoms with Gasteiger partial charge < -0.3 is 15.7 Å². The van der Waals surface area contributed by atoms with Crippen LogP contribution in [0, 0.1) is 0 Å². The monoisotopic (exact) mass is 316 g/mol. The lowest BCUT2D eigenvalue weighted by molar-refractivity contribution is 0.160. The van der Waals surface area contributed by atoms with Gasteiger partial charge in [0.15, 0.2) is 0 Å². The van der Waals surface area contributed by atoms with Crippen molar-refractivity contribution in [1.29, 1.82) is 0 Å². The molecule has 0 saturated heterocycles. The van der Waals surface area contributed by atoms with Crippen LogP contribution in [-0.4, -0.2) is 33.6 Å². The molecular formula is C17H24N4O2. The molecule has 0 fully saturated rings. The molecule has 0 aliphatic rings. The van der Waals surface area contributed by atoms with Crippen LogP contribution in [0.25, 0.3) is 0 Å². The van der Waals surface area contributed by atoms with Crippen LogP contribution in [0.5, 0.6) is 0 Å². The first-order valence-electron chi connectivity index (χ1n) is 7.92. The molecule has 1 unspecified atom stereocenters. The molecule has 6 nitrogen and oxygen atoms in total. The highest BCUT2D eigenvalue weighted by Crippen LogP contribution is 2.03. The van der Waals surface area contributed by atoms with Crippen LogP contribution >= 0.6 is 0 Å². The van der Waals surface area contributed by atoms with E-state index in [1.165, 1.54) is 5.56 Å². The predicted molar refractivity (Wildman–Crippen MR) is 88.9 cm³/mol. The van der Waals surface area contributed by atoms with Gasteiger partial charge in [0, 0.05) is 24.8 Å². The second-order valence-electron chi connectivity index (χ2n) is 5.49. The number of nitrogens with zero attached hydrogens (tertiary/aromatic N) is 2. The maximum absolute atomic E-state index is 11.7. The fraction of sp³-hybridized carbons (Fsp3) is 0.412. The van der Waals surface area contributed by atoms with Gasteiger partial charge in [-0.1, -0.05) is 37.3 Å². The highest BCUT2D eigenvalue weighted by molar-refractivity contribution is 5.73. The van der Waals surface area contributed by atoms with Gasteiger partial charge in [-0.05, 0) is 18.4 Å². The smallest absolute Gasteiger partial charge is 0.315 e. The van der Waals surface area contributed by atoms with Gasteiger partial charge in [0.2, 0.25) is 0 Å². The van der Waals surface area contributed by atoms with Crippen LogP contribution in [0.3, 0.4) is 0 Å². The Morgan fingerprint density at radius 1 is 1.26 bits per heavy atom. The Morgan fingerprint density at radius 3 is 2.78 bits per heavy atom. The van der Waals surface area contributed by atoms with E-state index in [-0.39, 0.29) is 12.1 Å². The summed E-state index contributed by atoms with van der Waals surface area (Å²) in [5, 5.41) is 19.2. The topological polar surface area (TPSA) is 79.2 Å². The second-order valence-corrected chi connectivity index (χ2v) is 5.49. The largest absolute Gasteiger partial charge is 0.393 e. The van der Waals surface area contributed by atoms with Gasteiger partial charge in [-0.25, -0.2) is 4.79 Å². The summed E-state index contributed by atoms with van der Waals surface area (Å²) in [6, 6.07) is 9.86. The normalized spacial score (nSPS) is 11.9. The summed E-state index contributed by atoms with van der Waals surface area (Å²) in [7, 11) is 0. The lowest BCUT2D eigenvalue weighted by atomic mass is 10.2. The van der Waals surface area contributed by atoms with Crippen molar-refractivity contribution in [3.05, 3.63) is 53.9 Å². The van der Waals surface area contributed by atoms with Crippen LogP contribution in [0.15, 0.2) is 42.7 Å². The van der Waals surface area contributed by atoms with Gasteiger partial charge in [-0.15, -0.1) is 0 Å². The lowest BCUT2D eigenvalue weighted by Gasteiger charge is -2.09. The van der Waals surface area contributed by atoms with Gasteiger partial charge in [-0.3, -0.25) is 4.68 Å². The van der Waals surface area contributed by atoms with Crippen molar-refractivity contribution in [2.45, 2.75) is 39.0 Å². The first kappa shape index (κ1) is 17.0. The number of hydrogen-bond acceptors (Lipinski definition) is 3. The van der Waals surface area contributed by atoms with Crippen molar-refractivity contribution >= 4 is 6.03 Å². The molecule has 124 valence electrons. The van der Waals surface area contributed by atoms with Crippen LogP contribution in [0.4, 0.5) is 4.79 Å². The number of aromatic nitrogens is 2. The standard InChI is InChI=1S/C17H24N4O2/c1-2-16(22)8-9-18-17(23)19-10-15-11-20-21(13-15)12-14-6-4-3-5-7-14/h3-7,11,13,16,22H,2,8-10,12H2,1H3,(H2,18,19,23). The molecule has 2 aromatic rings. The number of benzene rings is 1. The number of nitrogens with one attached hydrogen (secondary N) is 2. The molecule has 0 saturated carbocycles. The number of rotatable bonds is 8. The molecule has 0 radical (unpaired) electrons. The SMILES string of the molecule is CCC(O)CCNC(=O)NCc1cnn(Cc2ccccc2)c1. The second kappa shape index (κ2) is 8.95. The molecule has 1 aromatic carbocycles. The summed E-state index contributed by atoms with van der Waals surface area (Å²) in [6.07, 6.45) is 4.59.